The molecule has 142 valence electrons. The topological polar surface area (TPSA) is 91.7 Å². The van der Waals surface area contributed by atoms with Crippen LogP contribution in [0.3, 0.4) is 0 Å². The Kier molecular flexibility index (Phi) is 4.60. The molecule has 8 heteroatoms. The molecule has 0 aliphatic heterocycles. The van der Waals surface area contributed by atoms with Gasteiger partial charge in [-0.25, -0.2) is 4.98 Å². The summed E-state index contributed by atoms with van der Waals surface area (Å²) in [6.07, 6.45) is 5.50. The summed E-state index contributed by atoms with van der Waals surface area (Å²) < 4.78 is 7.49. The van der Waals surface area contributed by atoms with E-state index in [4.69, 9.17) is 22.1 Å². The van der Waals surface area contributed by atoms with Gasteiger partial charge < -0.3 is 15.0 Å². The summed E-state index contributed by atoms with van der Waals surface area (Å²) >= 11 is 6.43. The zero-order chi connectivity index (χ0) is 19.8. The lowest BCUT2D eigenvalue weighted by molar-refractivity contribution is 0.406. The molecular formula is C20H19ClN6O. The van der Waals surface area contributed by atoms with Gasteiger partial charge in [-0.1, -0.05) is 17.7 Å². The predicted octanol–water partition coefficient (Wildman–Crippen LogP) is 3.80. The van der Waals surface area contributed by atoms with Gasteiger partial charge in [-0.05, 0) is 26.0 Å². The van der Waals surface area contributed by atoms with E-state index in [2.05, 4.69) is 19.9 Å². The average molecular weight is 395 g/mol. The van der Waals surface area contributed by atoms with Crippen LogP contribution in [0.4, 0.5) is 5.95 Å². The van der Waals surface area contributed by atoms with Crippen molar-refractivity contribution in [2.75, 3.05) is 12.8 Å². The Balaban J connectivity index is 1.91. The summed E-state index contributed by atoms with van der Waals surface area (Å²) in [6.45, 7) is 4.45. The highest BCUT2D eigenvalue weighted by atomic mass is 35.5. The number of hydrogen-bond acceptors (Lipinski definition) is 6. The fraction of sp³-hybridized carbons (Fsp3) is 0.200. The molecule has 0 atom stereocenters. The van der Waals surface area contributed by atoms with Crippen molar-refractivity contribution in [1.82, 2.24) is 24.5 Å². The molecule has 0 saturated heterocycles. The lowest BCUT2D eigenvalue weighted by atomic mass is 10.1. The number of aryl methyl sites for hydroxylation is 1. The third-order valence-electron chi connectivity index (χ3n) is 4.70. The van der Waals surface area contributed by atoms with Crippen LogP contribution in [0.1, 0.15) is 16.8 Å². The van der Waals surface area contributed by atoms with E-state index in [1.165, 1.54) is 0 Å². The predicted molar refractivity (Wildman–Crippen MR) is 110 cm³/mol. The van der Waals surface area contributed by atoms with E-state index >= 15 is 0 Å². The van der Waals surface area contributed by atoms with E-state index in [1.54, 1.807) is 13.3 Å². The second-order valence-electron chi connectivity index (χ2n) is 6.50. The van der Waals surface area contributed by atoms with E-state index < -0.39 is 0 Å². The number of ether oxygens (including phenoxy) is 1. The fourth-order valence-electron chi connectivity index (χ4n) is 3.39. The van der Waals surface area contributed by atoms with Crippen LogP contribution in [0.2, 0.25) is 5.15 Å². The van der Waals surface area contributed by atoms with Crippen LogP contribution in [0.5, 0.6) is 5.75 Å². The van der Waals surface area contributed by atoms with Crippen LogP contribution in [0, 0.1) is 13.8 Å². The summed E-state index contributed by atoms with van der Waals surface area (Å²) in [7, 11) is 1.66. The molecule has 0 aliphatic carbocycles. The third kappa shape index (κ3) is 3.03. The van der Waals surface area contributed by atoms with Gasteiger partial charge in [0.05, 0.1) is 30.4 Å². The molecule has 4 heterocycles. The maximum Gasteiger partial charge on any atom is 0.223 e. The second kappa shape index (κ2) is 7.09. The number of aromatic nitrogens is 5. The summed E-state index contributed by atoms with van der Waals surface area (Å²) in [6, 6.07) is 5.71. The van der Waals surface area contributed by atoms with Crippen molar-refractivity contribution in [3.63, 3.8) is 0 Å². The van der Waals surface area contributed by atoms with E-state index in [0.717, 1.165) is 33.8 Å². The standard InChI is InChI=1S/C20H19ClN6O/c1-11-8-24-15(12(2)17(11)28-3)10-27-9-13(14-6-4-5-7-23-14)16-18(21)25-20(22)26-19(16)27/h4-9H,10H2,1-3H3,(H2,22,25,26). The van der Waals surface area contributed by atoms with E-state index in [1.807, 2.05) is 49.0 Å². The molecule has 0 amide bonds. The van der Waals surface area contributed by atoms with Crippen LogP contribution in [-0.4, -0.2) is 31.6 Å². The molecule has 0 spiro atoms. The minimum Gasteiger partial charge on any atom is -0.496 e. The smallest absolute Gasteiger partial charge is 0.223 e. The highest BCUT2D eigenvalue weighted by Gasteiger charge is 2.19. The molecule has 7 nitrogen and oxygen atoms in total. The summed E-state index contributed by atoms with van der Waals surface area (Å²) in [5, 5.41) is 1.01. The summed E-state index contributed by atoms with van der Waals surface area (Å²) in [5.74, 6) is 0.953. The number of rotatable bonds is 4. The molecular weight excluding hydrogens is 376 g/mol. The number of fused-ring (bicyclic) bond motifs is 1. The largest absolute Gasteiger partial charge is 0.496 e. The lowest BCUT2D eigenvalue weighted by Gasteiger charge is -2.13. The molecule has 4 rings (SSSR count). The Morgan fingerprint density at radius 3 is 2.71 bits per heavy atom. The van der Waals surface area contributed by atoms with Gasteiger partial charge in [0.1, 0.15) is 16.5 Å². The SMILES string of the molecule is COc1c(C)cnc(Cn2cc(-c3ccccn3)c3c(Cl)nc(N)nc32)c1C. The lowest BCUT2D eigenvalue weighted by Crippen LogP contribution is -2.07. The number of nitrogens with zero attached hydrogens (tertiary/aromatic N) is 5. The number of halogens is 1. The van der Waals surface area contributed by atoms with E-state index in [9.17, 15) is 0 Å². The first-order valence-electron chi connectivity index (χ1n) is 8.72. The van der Waals surface area contributed by atoms with Crippen molar-refractivity contribution < 1.29 is 4.74 Å². The van der Waals surface area contributed by atoms with Gasteiger partial charge in [0, 0.05) is 35.3 Å². The Hall–Kier alpha value is -3.19. The minimum atomic E-state index is 0.121. The summed E-state index contributed by atoms with van der Waals surface area (Å²) in [5.41, 5.74) is 11.0. The molecule has 0 radical (unpaired) electrons. The van der Waals surface area contributed by atoms with E-state index in [-0.39, 0.29) is 5.95 Å². The molecule has 0 bridgehead atoms. The van der Waals surface area contributed by atoms with Crippen LogP contribution in [-0.2, 0) is 6.54 Å². The summed E-state index contributed by atoms with van der Waals surface area (Å²) in [4.78, 5) is 17.6. The molecule has 4 aromatic rings. The van der Waals surface area contributed by atoms with Gasteiger partial charge >= 0.3 is 0 Å². The third-order valence-corrected chi connectivity index (χ3v) is 4.97. The van der Waals surface area contributed by atoms with Gasteiger partial charge in [0.25, 0.3) is 0 Å². The van der Waals surface area contributed by atoms with Crippen LogP contribution >= 0.6 is 11.6 Å². The number of anilines is 1. The minimum absolute atomic E-state index is 0.121. The first-order chi connectivity index (χ1) is 13.5. The molecule has 2 N–H and O–H groups in total. The fourth-order valence-corrected chi connectivity index (χ4v) is 3.66. The van der Waals surface area contributed by atoms with Crippen molar-refractivity contribution in [1.29, 1.82) is 0 Å². The molecule has 0 aromatic carbocycles. The Bertz CT molecular complexity index is 1170. The van der Waals surface area contributed by atoms with Gasteiger partial charge in [-0.15, -0.1) is 0 Å². The maximum atomic E-state index is 6.43. The number of pyridine rings is 2. The number of hydrogen-bond donors (Lipinski definition) is 1. The highest BCUT2D eigenvalue weighted by molar-refractivity contribution is 6.35. The maximum absolute atomic E-state index is 6.43. The van der Waals surface area contributed by atoms with Gasteiger partial charge in [-0.2, -0.15) is 4.98 Å². The molecule has 0 aliphatic rings. The normalized spacial score (nSPS) is 11.1. The molecule has 0 unspecified atom stereocenters. The molecule has 28 heavy (non-hydrogen) atoms. The zero-order valence-electron chi connectivity index (χ0n) is 15.8. The first kappa shape index (κ1) is 18.2. The van der Waals surface area contributed by atoms with E-state index in [0.29, 0.717) is 22.7 Å². The highest BCUT2D eigenvalue weighted by Crippen LogP contribution is 2.34. The molecule has 4 aromatic heterocycles. The average Bonchev–Trinajstić information content (AvgIpc) is 3.04. The van der Waals surface area contributed by atoms with Crippen molar-refractivity contribution in [3.05, 3.63) is 58.8 Å². The van der Waals surface area contributed by atoms with Gasteiger partial charge in [0.15, 0.2) is 0 Å². The Morgan fingerprint density at radius 1 is 1.18 bits per heavy atom. The quantitative estimate of drug-likeness (QED) is 0.529. The van der Waals surface area contributed by atoms with Crippen LogP contribution in [0.25, 0.3) is 22.3 Å². The van der Waals surface area contributed by atoms with Crippen molar-refractivity contribution in [2.24, 2.45) is 0 Å². The molecule has 0 saturated carbocycles. The molecule has 0 fully saturated rings. The number of nitrogens with two attached hydrogens (primary N) is 1. The van der Waals surface area contributed by atoms with Crippen LogP contribution < -0.4 is 10.5 Å². The first-order valence-corrected chi connectivity index (χ1v) is 9.09. The zero-order valence-corrected chi connectivity index (χ0v) is 16.5. The monoisotopic (exact) mass is 394 g/mol. The Labute approximate surface area is 167 Å². The van der Waals surface area contributed by atoms with Gasteiger partial charge in [0.2, 0.25) is 5.95 Å². The van der Waals surface area contributed by atoms with Crippen LogP contribution in [0.15, 0.2) is 36.8 Å². The van der Waals surface area contributed by atoms with Crippen molar-refractivity contribution in [2.45, 2.75) is 20.4 Å². The van der Waals surface area contributed by atoms with Crippen molar-refractivity contribution >= 4 is 28.6 Å². The number of nitrogen functional groups attached to an aromatic ring is 1. The van der Waals surface area contributed by atoms with Crippen molar-refractivity contribution in [3.8, 4) is 17.0 Å². The second-order valence-corrected chi connectivity index (χ2v) is 6.86. The van der Waals surface area contributed by atoms with Gasteiger partial charge in [-0.3, -0.25) is 9.97 Å². The Morgan fingerprint density at radius 2 is 2.00 bits per heavy atom. The number of methoxy groups -OCH3 is 1.